The molecule has 6 heteroatoms. The summed E-state index contributed by atoms with van der Waals surface area (Å²) in [6, 6.07) is 5.78. The van der Waals surface area contributed by atoms with Crippen molar-refractivity contribution in [3.63, 3.8) is 0 Å². The van der Waals surface area contributed by atoms with Gasteiger partial charge in [-0.2, -0.15) is 0 Å². The number of halogens is 2. The van der Waals surface area contributed by atoms with E-state index in [0.29, 0.717) is 23.7 Å². The first-order chi connectivity index (χ1) is 7.96. The molecular formula is C11H13BrClNO2S. The molecule has 0 radical (unpaired) electrons. The first kappa shape index (κ1) is 13.3. The van der Waals surface area contributed by atoms with Gasteiger partial charge in [-0.05, 0) is 40.0 Å². The summed E-state index contributed by atoms with van der Waals surface area (Å²) in [6.07, 6.45) is 0.705. The van der Waals surface area contributed by atoms with Crippen LogP contribution in [0.4, 0.5) is 0 Å². The van der Waals surface area contributed by atoms with E-state index in [-0.39, 0.29) is 11.8 Å². The van der Waals surface area contributed by atoms with Crippen molar-refractivity contribution < 1.29 is 8.42 Å². The lowest BCUT2D eigenvalue weighted by molar-refractivity contribution is 0.554. The number of nitrogens with one attached hydrogen (secondary N) is 1. The Morgan fingerprint density at radius 3 is 2.82 bits per heavy atom. The topological polar surface area (TPSA) is 46.2 Å². The Bertz CT molecular complexity index is 518. The summed E-state index contributed by atoms with van der Waals surface area (Å²) in [6.45, 7) is 0.663. The molecule has 94 valence electrons. The van der Waals surface area contributed by atoms with Crippen molar-refractivity contribution in [2.75, 3.05) is 11.5 Å². The van der Waals surface area contributed by atoms with E-state index in [0.717, 1.165) is 10.0 Å². The zero-order chi connectivity index (χ0) is 12.5. The lowest BCUT2D eigenvalue weighted by Crippen LogP contribution is -2.29. The minimum atomic E-state index is -2.81. The van der Waals surface area contributed by atoms with Gasteiger partial charge in [0.15, 0.2) is 9.84 Å². The fourth-order valence-corrected chi connectivity index (χ4v) is 4.12. The van der Waals surface area contributed by atoms with Crippen LogP contribution in [0.1, 0.15) is 12.0 Å². The molecule has 1 N–H and O–H groups in total. The highest BCUT2D eigenvalue weighted by Gasteiger charge is 2.27. The monoisotopic (exact) mass is 337 g/mol. The maximum Gasteiger partial charge on any atom is 0.151 e. The molecule has 3 nitrogen and oxygen atoms in total. The van der Waals surface area contributed by atoms with E-state index in [9.17, 15) is 8.42 Å². The van der Waals surface area contributed by atoms with Gasteiger partial charge in [-0.15, -0.1) is 0 Å². The molecule has 0 aliphatic carbocycles. The van der Waals surface area contributed by atoms with E-state index in [1.807, 2.05) is 18.2 Å². The summed E-state index contributed by atoms with van der Waals surface area (Å²) in [4.78, 5) is 0. The molecule has 1 aromatic rings. The van der Waals surface area contributed by atoms with Gasteiger partial charge in [-0.1, -0.05) is 17.7 Å². The summed E-state index contributed by atoms with van der Waals surface area (Å²) < 4.78 is 23.4. The predicted molar refractivity (Wildman–Crippen MR) is 73.1 cm³/mol. The zero-order valence-electron chi connectivity index (χ0n) is 9.12. The number of sulfone groups is 1. The molecule has 1 aliphatic rings. The summed E-state index contributed by atoms with van der Waals surface area (Å²) in [5.74, 6) is 0.552. The highest BCUT2D eigenvalue weighted by molar-refractivity contribution is 9.10. The summed E-state index contributed by atoms with van der Waals surface area (Å²) in [5.41, 5.74) is 1.09. The molecule has 0 aromatic heterocycles. The maximum atomic E-state index is 11.3. The predicted octanol–water partition coefficient (Wildman–Crippen LogP) is 2.38. The second kappa shape index (κ2) is 5.26. The van der Waals surface area contributed by atoms with Crippen molar-refractivity contribution >= 4 is 37.4 Å². The molecule has 17 heavy (non-hydrogen) atoms. The minimum Gasteiger partial charge on any atom is -0.309 e. The molecule has 0 saturated carbocycles. The largest absolute Gasteiger partial charge is 0.309 e. The Morgan fingerprint density at radius 1 is 1.47 bits per heavy atom. The SMILES string of the molecule is O=S1(=O)CCC(NCc2ccc(Cl)c(Br)c2)C1. The van der Waals surface area contributed by atoms with Crippen LogP contribution in [0.3, 0.4) is 0 Å². The number of hydrogen-bond donors (Lipinski definition) is 1. The lowest BCUT2D eigenvalue weighted by atomic mass is 10.2. The van der Waals surface area contributed by atoms with Crippen LogP contribution in [-0.4, -0.2) is 26.0 Å². The van der Waals surface area contributed by atoms with E-state index in [4.69, 9.17) is 11.6 Å². The average Bonchev–Trinajstić information content (AvgIpc) is 2.60. The normalized spacial score (nSPS) is 22.8. The van der Waals surface area contributed by atoms with Gasteiger partial charge < -0.3 is 5.32 Å². The first-order valence-corrected chi connectivity index (χ1v) is 8.33. The van der Waals surface area contributed by atoms with Crippen molar-refractivity contribution in [3.05, 3.63) is 33.3 Å². The zero-order valence-corrected chi connectivity index (χ0v) is 12.3. The average molecular weight is 339 g/mol. The standard InChI is InChI=1S/C11H13BrClNO2S/c12-10-5-8(1-2-11(10)13)6-14-9-3-4-17(15,16)7-9/h1-2,5,9,14H,3-4,6-7H2. The van der Waals surface area contributed by atoms with Crippen LogP contribution < -0.4 is 5.32 Å². The van der Waals surface area contributed by atoms with Gasteiger partial charge in [0.05, 0.1) is 16.5 Å². The van der Waals surface area contributed by atoms with Gasteiger partial charge in [0.25, 0.3) is 0 Å². The van der Waals surface area contributed by atoms with Crippen LogP contribution in [0.15, 0.2) is 22.7 Å². The Balaban J connectivity index is 1.92. The van der Waals surface area contributed by atoms with Crippen LogP contribution in [0.5, 0.6) is 0 Å². The third-order valence-corrected chi connectivity index (χ3v) is 5.79. The lowest BCUT2D eigenvalue weighted by Gasteiger charge is -2.11. The highest BCUT2D eigenvalue weighted by Crippen LogP contribution is 2.23. The molecule has 0 amide bonds. The molecule has 1 saturated heterocycles. The van der Waals surface area contributed by atoms with Crippen LogP contribution in [0, 0.1) is 0 Å². The van der Waals surface area contributed by atoms with E-state index in [1.54, 1.807) is 0 Å². The van der Waals surface area contributed by atoms with E-state index in [2.05, 4.69) is 21.2 Å². The van der Waals surface area contributed by atoms with Gasteiger partial charge in [-0.3, -0.25) is 0 Å². The third-order valence-electron chi connectivity index (χ3n) is 2.81. The summed E-state index contributed by atoms with van der Waals surface area (Å²) in [7, 11) is -2.81. The smallest absolute Gasteiger partial charge is 0.151 e. The van der Waals surface area contributed by atoms with Crippen LogP contribution in [0.2, 0.25) is 5.02 Å². The third kappa shape index (κ3) is 3.68. The minimum absolute atomic E-state index is 0.0782. The fourth-order valence-electron chi connectivity index (χ4n) is 1.87. The van der Waals surface area contributed by atoms with Crippen LogP contribution in [0.25, 0.3) is 0 Å². The van der Waals surface area contributed by atoms with Crippen molar-refractivity contribution in [3.8, 4) is 0 Å². The molecule has 1 fully saturated rings. The highest BCUT2D eigenvalue weighted by atomic mass is 79.9. The molecule has 2 rings (SSSR count). The Hall–Kier alpha value is -0.100. The summed E-state index contributed by atoms with van der Waals surface area (Å²) in [5, 5.41) is 3.94. The Kier molecular flexibility index (Phi) is 4.13. The fraction of sp³-hybridized carbons (Fsp3) is 0.455. The van der Waals surface area contributed by atoms with Gasteiger partial charge in [0.2, 0.25) is 0 Å². The second-order valence-corrected chi connectivity index (χ2v) is 7.72. The molecule has 1 unspecified atom stereocenters. The molecular weight excluding hydrogens is 326 g/mol. The second-order valence-electron chi connectivity index (χ2n) is 4.23. The van der Waals surface area contributed by atoms with E-state index < -0.39 is 9.84 Å². The van der Waals surface area contributed by atoms with Gasteiger partial charge >= 0.3 is 0 Å². The Labute approximate surface area is 115 Å². The summed E-state index contributed by atoms with van der Waals surface area (Å²) >= 11 is 9.26. The van der Waals surface area contributed by atoms with Crippen molar-refractivity contribution in [1.82, 2.24) is 5.32 Å². The van der Waals surface area contributed by atoms with Crippen molar-refractivity contribution in [2.24, 2.45) is 0 Å². The molecule has 0 spiro atoms. The molecule has 1 aliphatic heterocycles. The quantitative estimate of drug-likeness (QED) is 0.920. The molecule has 1 aromatic carbocycles. The van der Waals surface area contributed by atoms with Gasteiger partial charge in [0, 0.05) is 17.1 Å². The number of rotatable bonds is 3. The van der Waals surface area contributed by atoms with Crippen LogP contribution in [-0.2, 0) is 16.4 Å². The number of benzene rings is 1. The van der Waals surface area contributed by atoms with E-state index >= 15 is 0 Å². The van der Waals surface area contributed by atoms with Gasteiger partial charge in [0.1, 0.15) is 0 Å². The Morgan fingerprint density at radius 2 is 2.24 bits per heavy atom. The maximum absolute atomic E-state index is 11.3. The molecule has 0 bridgehead atoms. The number of hydrogen-bond acceptors (Lipinski definition) is 3. The van der Waals surface area contributed by atoms with Gasteiger partial charge in [-0.25, -0.2) is 8.42 Å². The molecule has 1 atom stereocenters. The van der Waals surface area contributed by atoms with E-state index in [1.165, 1.54) is 0 Å². The molecule has 1 heterocycles. The first-order valence-electron chi connectivity index (χ1n) is 5.34. The van der Waals surface area contributed by atoms with Crippen molar-refractivity contribution in [2.45, 2.75) is 19.0 Å². The van der Waals surface area contributed by atoms with Crippen molar-refractivity contribution in [1.29, 1.82) is 0 Å². The van der Waals surface area contributed by atoms with Crippen LogP contribution >= 0.6 is 27.5 Å².